The first-order valence-electron chi connectivity index (χ1n) is 32.2. The molecule has 24 nitrogen and oxygen atoms in total. The largest absolute Gasteiger partial charge is 0.457 e. The summed E-state index contributed by atoms with van der Waals surface area (Å²) in [7, 11) is 0. The number of unbranched alkanes of at least 4 members (excludes halogenated alkanes) is 8. The van der Waals surface area contributed by atoms with E-state index in [0.29, 0.717) is 32.1 Å². The molecular weight excluding hydrogens is 1120 g/mol. The number of rotatable bonds is 22. The highest BCUT2D eigenvalue weighted by Crippen LogP contribution is 2.39. The molecule has 6 aliphatic rings. The third-order valence-corrected chi connectivity index (χ3v) is 17.7. The fourth-order valence-electron chi connectivity index (χ4n) is 11.9. The smallest absolute Gasteiger partial charge is 0.309 e. The summed E-state index contributed by atoms with van der Waals surface area (Å²) in [6, 6.07) is 0. The lowest BCUT2D eigenvalue weighted by Gasteiger charge is -2.51. The number of aliphatic hydroxyl groups is 8. The summed E-state index contributed by atoms with van der Waals surface area (Å²) in [4.78, 5) is 41.0. The molecule has 0 aromatic rings. The Bertz CT molecular complexity index is 1950. The molecule has 85 heavy (non-hydrogen) atoms. The van der Waals surface area contributed by atoms with Crippen molar-refractivity contribution in [3.63, 3.8) is 0 Å². The van der Waals surface area contributed by atoms with Crippen LogP contribution in [-0.4, -0.2) is 218 Å². The Kier molecular flexibility index (Phi) is 29.8. The Morgan fingerprint density at radius 3 is 1.67 bits per heavy atom. The average molecular weight is 1220 g/mol. The van der Waals surface area contributed by atoms with Crippen LogP contribution in [0, 0.1) is 5.92 Å². The Labute approximate surface area is 502 Å². The number of carbonyl (C=O) groups excluding carboxylic acids is 3. The zero-order valence-electron chi connectivity index (χ0n) is 51.8. The molecule has 494 valence electrons. The molecule has 6 saturated heterocycles. The van der Waals surface area contributed by atoms with Crippen LogP contribution >= 0.6 is 0 Å². The van der Waals surface area contributed by atoms with E-state index in [1.165, 1.54) is 20.8 Å². The van der Waals surface area contributed by atoms with Crippen LogP contribution in [-0.2, 0) is 76.0 Å². The number of fused-ring (bicyclic) bond motifs is 2. The molecule has 0 aromatic carbocycles. The van der Waals surface area contributed by atoms with Crippen LogP contribution < -0.4 is 0 Å². The first-order valence-corrected chi connectivity index (χ1v) is 32.2. The minimum Gasteiger partial charge on any atom is -0.457 e. The van der Waals surface area contributed by atoms with E-state index in [2.05, 4.69) is 13.8 Å². The lowest BCUT2D eigenvalue weighted by Crippen LogP contribution is -2.68. The Morgan fingerprint density at radius 2 is 0.988 bits per heavy atom. The number of hydrogen-bond acceptors (Lipinski definition) is 24. The number of hydrogen-bond donors (Lipinski definition) is 8. The summed E-state index contributed by atoms with van der Waals surface area (Å²) in [6.07, 6.45) is -21.4. The topological polar surface area (TPSA) is 333 Å². The van der Waals surface area contributed by atoms with Gasteiger partial charge in [-0.05, 0) is 66.7 Å². The molecular formula is C61H106O24. The van der Waals surface area contributed by atoms with Crippen LogP contribution in [0.4, 0.5) is 0 Å². The van der Waals surface area contributed by atoms with E-state index in [1.807, 2.05) is 0 Å². The summed E-state index contributed by atoms with van der Waals surface area (Å²) < 4.78 is 82.2. The van der Waals surface area contributed by atoms with Crippen LogP contribution in [0.1, 0.15) is 204 Å². The van der Waals surface area contributed by atoms with E-state index in [1.54, 1.807) is 27.7 Å². The van der Waals surface area contributed by atoms with Gasteiger partial charge in [-0.25, -0.2) is 0 Å². The standard InChI is InChI=1S/C61H106O24/c1-10-13-15-16-18-22-27-31-40(63)80-55-54(85-57-46(69)43(66)41(64)33(5)73-57)51(83-58-47(70)45(68)49(35(7)75-58)81-56(72)32(4)12-3)37(9)77-61(55)82-50-36(8)76-60-53(48(50)71)79-39(62)30-26-23-20-17-19-21-25-29-38(28-24-14-11-2)78-59-52(84-60)44(67)42(65)34(6)74-59/h32-38,41-55,57-61,64-71H,10-31H2,1-9H3/t32-,33-,34+,35-,36-,37-,38-,41-,42-,43+,44-,45-,46+,47+,48+,49-,50-,51-,52+,53+,54+,55+,57-,58-,59-,60-,61-/m0/s1. The normalized spacial score (nSPS) is 42.3. The zero-order chi connectivity index (χ0) is 62.1. The second-order valence-electron chi connectivity index (χ2n) is 24.6. The monoisotopic (exact) mass is 1220 g/mol. The van der Waals surface area contributed by atoms with Crippen molar-refractivity contribution in [2.45, 2.75) is 363 Å². The second kappa shape index (κ2) is 35.3. The van der Waals surface area contributed by atoms with Crippen molar-refractivity contribution in [2.24, 2.45) is 5.92 Å². The minimum atomic E-state index is -1.90. The van der Waals surface area contributed by atoms with E-state index in [-0.39, 0.29) is 18.9 Å². The average Bonchev–Trinajstić information content (AvgIpc) is 2.37. The van der Waals surface area contributed by atoms with Crippen molar-refractivity contribution in [3.8, 4) is 0 Å². The summed E-state index contributed by atoms with van der Waals surface area (Å²) in [6.45, 7) is 15.3. The molecule has 6 aliphatic heterocycles. The van der Waals surface area contributed by atoms with Gasteiger partial charge >= 0.3 is 17.9 Å². The quantitative estimate of drug-likeness (QED) is 0.0419. The summed E-state index contributed by atoms with van der Waals surface area (Å²) in [5.41, 5.74) is 0. The predicted octanol–water partition coefficient (Wildman–Crippen LogP) is 4.55. The molecule has 0 radical (unpaired) electrons. The van der Waals surface area contributed by atoms with Crippen molar-refractivity contribution in [1.82, 2.24) is 0 Å². The molecule has 0 bridgehead atoms. The Morgan fingerprint density at radius 1 is 0.471 bits per heavy atom. The number of aliphatic hydroxyl groups excluding tert-OH is 8. The second-order valence-corrected chi connectivity index (χ2v) is 24.6. The highest BCUT2D eigenvalue weighted by Gasteiger charge is 2.58. The fourth-order valence-corrected chi connectivity index (χ4v) is 11.9. The van der Waals surface area contributed by atoms with Gasteiger partial charge in [-0.2, -0.15) is 0 Å². The Balaban J connectivity index is 1.35. The van der Waals surface area contributed by atoms with Gasteiger partial charge in [-0.3, -0.25) is 14.4 Å². The van der Waals surface area contributed by atoms with Gasteiger partial charge in [0, 0.05) is 12.8 Å². The molecule has 6 fully saturated rings. The molecule has 27 atom stereocenters. The molecule has 6 heterocycles. The van der Waals surface area contributed by atoms with E-state index < -0.39 is 177 Å². The number of carbonyl (C=O) groups is 3. The zero-order valence-corrected chi connectivity index (χ0v) is 51.8. The van der Waals surface area contributed by atoms with Gasteiger partial charge in [0.05, 0.1) is 42.5 Å². The van der Waals surface area contributed by atoms with Gasteiger partial charge in [0.25, 0.3) is 0 Å². The fraction of sp³-hybridized carbons (Fsp3) is 0.951. The van der Waals surface area contributed by atoms with E-state index in [9.17, 15) is 55.2 Å². The lowest BCUT2D eigenvalue weighted by molar-refractivity contribution is -0.399. The van der Waals surface area contributed by atoms with Gasteiger partial charge in [-0.1, -0.05) is 124 Å². The molecule has 8 N–H and O–H groups in total. The summed E-state index contributed by atoms with van der Waals surface area (Å²) >= 11 is 0. The maximum absolute atomic E-state index is 14.2. The minimum absolute atomic E-state index is 0.0213. The molecule has 0 unspecified atom stereocenters. The third kappa shape index (κ3) is 19.8. The van der Waals surface area contributed by atoms with Crippen LogP contribution in [0.3, 0.4) is 0 Å². The van der Waals surface area contributed by atoms with Crippen LogP contribution in [0.5, 0.6) is 0 Å². The first kappa shape index (κ1) is 71.8. The molecule has 0 amide bonds. The van der Waals surface area contributed by atoms with Gasteiger partial charge in [0.2, 0.25) is 0 Å². The highest BCUT2D eigenvalue weighted by atomic mass is 16.8. The molecule has 0 saturated carbocycles. The molecule has 0 spiro atoms. The van der Waals surface area contributed by atoms with E-state index in [0.717, 1.165) is 96.3 Å². The predicted molar refractivity (Wildman–Crippen MR) is 301 cm³/mol. The van der Waals surface area contributed by atoms with Gasteiger partial charge in [0.15, 0.2) is 49.8 Å². The lowest BCUT2D eigenvalue weighted by atomic mass is 9.95. The molecule has 24 heteroatoms. The van der Waals surface area contributed by atoms with Gasteiger partial charge < -0.3 is 102 Å². The molecule has 0 aliphatic carbocycles. The summed E-state index contributed by atoms with van der Waals surface area (Å²) in [5, 5.41) is 91.9. The maximum Gasteiger partial charge on any atom is 0.309 e. The third-order valence-electron chi connectivity index (χ3n) is 17.7. The van der Waals surface area contributed by atoms with Crippen molar-refractivity contribution < 1.29 is 117 Å². The van der Waals surface area contributed by atoms with Crippen LogP contribution in [0.2, 0.25) is 0 Å². The van der Waals surface area contributed by atoms with Gasteiger partial charge in [-0.15, -0.1) is 0 Å². The van der Waals surface area contributed by atoms with Crippen molar-refractivity contribution in [2.75, 3.05) is 0 Å². The number of ether oxygens (including phenoxy) is 13. The Hall–Kier alpha value is -2.31. The van der Waals surface area contributed by atoms with Crippen molar-refractivity contribution in [1.29, 1.82) is 0 Å². The summed E-state index contributed by atoms with van der Waals surface area (Å²) in [5.74, 6) is -2.58. The first-order chi connectivity index (χ1) is 40.6. The van der Waals surface area contributed by atoms with Crippen LogP contribution in [0.25, 0.3) is 0 Å². The highest BCUT2D eigenvalue weighted by molar-refractivity contribution is 5.72. The van der Waals surface area contributed by atoms with Crippen LogP contribution in [0.15, 0.2) is 0 Å². The van der Waals surface area contributed by atoms with Crippen molar-refractivity contribution in [3.05, 3.63) is 0 Å². The van der Waals surface area contributed by atoms with Gasteiger partial charge in [0.1, 0.15) is 73.2 Å². The van der Waals surface area contributed by atoms with E-state index in [4.69, 9.17) is 61.6 Å². The van der Waals surface area contributed by atoms with E-state index >= 15 is 0 Å². The maximum atomic E-state index is 14.2. The molecule has 0 aromatic heterocycles. The van der Waals surface area contributed by atoms with Crippen molar-refractivity contribution >= 4 is 17.9 Å². The SMILES string of the molecule is CCCCCCCCCC(=O)O[C@H]1[C@H](O[C@@H]2[C@@H](O)[C@H]3OC(=O)CCCCCCCCC[C@H](CCCCC)O[C@@H]4O[C@H](C)[C@H](O)[C@H](O)[C@H]4O[C@@H]3O[C@H]2C)O[C@@H](C)[C@H](O[C@@H]2O[C@@H](C)[C@H](OC(=O)[C@@H](C)CC)[C@@H](O)[C@H]2O)[C@H]1O[C@@H]1O[C@@H](C)[C@H](O)[C@@H](O)[C@H]1O. The molecule has 6 rings (SSSR count). The number of esters is 3.